The third kappa shape index (κ3) is 3.32. The summed E-state index contributed by atoms with van der Waals surface area (Å²) in [4.78, 5) is 0. The van der Waals surface area contributed by atoms with Crippen LogP contribution in [0.25, 0.3) is 0 Å². The third-order valence-electron chi connectivity index (χ3n) is 1.67. The molecule has 1 aliphatic heterocycles. The van der Waals surface area contributed by atoms with E-state index in [0.717, 1.165) is 6.08 Å². The minimum Gasteiger partial charge on any atom is -0.456 e. The summed E-state index contributed by atoms with van der Waals surface area (Å²) in [5.41, 5.74) is 0. The molecule has 0 radical (unpaired) electrons. The van der Waals surface area contributed by atoms with Crippen LogP contribution in [0.15, 0.2) is 12.0 Å². The van der Waals surface area contributed by atoms with E-state index in [-0.39, 0.29) is 0 Å². The smallest absolute Gasteiger partial charge is 0.449 e. The Morgan fingerprint density at radius 3 is 2.53 bits per heavy atom. The Kier molecular flexibility index (Phi) is 3.52. The van der Waals surface area contributed by atoms with E-state index in [1.807, 2.05) is 0 Å². The van der Waals surface area contributed by atoms with Gasteiger partial charge in [-0.25, -0.2) is 0 Å². The molecule has 4 N–H and O–H groups in total. The number of hydrogen-bond donors (Lipinski definition) is 4. The summed E-state index contributed by atoms with van der Waals surface area (Å²) >= 11 is 0. The Hall–Kier alpha value is -0.870. The minimum absolute atomic E-state index is 0.648. The lowest BCUT2D eigenvalue weighted by molar-refractivity contribution is -0.113. The normalized spacial score (nSPS) is 31.7. The Morgan fingerprint density at radius 1 is 1.47 bits per heavy atom. The molecule has 1 aliphatic rings. The van der Waals surface area contributed by atoms with Crippen molar-refractivity contribution in [3.8, 4) is 0 Å². The van der Waals surface area contributed by atoms with Crippen molar-refractivity contribution in [2.45, 2.75) is 18.3 Å². The molecular weight excluding hydrogens is 232 g/mol. The van der Waals surface area contributed by atoms with E-state index in [1.165, 1.54) is 0 Å². The van der Waals surface area contributed by atoms with E-state index in [0.29, 0.717) is 0 Å². The monoisotopic (exact) mass is 242 g/mol. The molecule has 0 aliphatic carbocycles. The van der Waals surface area contributed by atoms with Gasteiger partial charge in [0, 0.05) is 6.08 Å². The molecule has 0 unspecified atom stereocenters. The van der Waals surface area contributed by atoms with Gasteiger partial charge in [0.25, 0.3) is 5.95 Å². The second-order valence-corrected chi connectivity index (χ2v) is 3.84. The van der Waals surface area contributed by atoms with Gasteiger partial charge in [-0.1, -0.05) is 0 Å². The number of aliphatic hydroxyl groups excluding tert-OH is 3. The van der Waals surface area contributed by atoms with Gasteiger partial charge < -0.3 is 24.2 Å². The molecule has 0 amide bonds. The van der Waals surface area contributed by atoms with Crippen LogP contribution in [0.4, 0.5) is 0 Å². The molecule has 8 nitrogen and oxygen atoms in total. The molecule has 0 aromatic heterocycles. The van der Waals surface area contributed by atoms with Crippen molar-refractivity contribution in [1.82, 2.24) is 0 Å². The van der Waals surface area contributed by atoms with Crippen LogP contribution in [0.3, 0.4) is 0 Å². The van der Waals surface area contributed by atoms with Crippen LogP contribution in [0, 0.1) is 0 Å². The van der Waals surface area contributed by atoms with Gasteiger partial charge in [-0.3, -0.25) is 4.55 Å². The number of rotatable bonds is 3. The molecule has 0 aromatic carbocycles. The van der Waals surface area contributed by atoms with E-state index in [1.54, 1.807) is 0 Å². The molecule has 1 rings (SSSR count). The van der Waals surface area contributed by atoms with Crippen molar-refractivity contribution in [3.05, 3.63) is 12.0 Å². The summed E-state index contributed by atoms with van der Waals surface area (Å²) in [6, 6.07) is 0. The van der Waals surface area contributed by atoms with E-state index >= 15 is 0 Å². The minimum atomic E-state index is -4.76. The van der Waals surface area contributed by atoms with Crippen LogP contribution >= 0.6 is 0 Å². The lowest BCUT2D eigenvalue weighted by atomic mass is 10.1. The molecular formula is C6H10O8S. The zero-order valence-electron chi connectivity index (χ0n) is 7.35. The fourth-order valence-corrected chi connectivity index (χ4v) is 1.32. The average molecular weight is 242 g/mol. The highest BCUT2D eigenvalue weighted by Crippen LogP contribution is 2.19. The second kappa shape index (κ2) is 4.33. The first-order valence-electron chi connectivity index (χ1n) is 3.86. The summed E-state index contributed by atoms with van der Waals surface area (Å²) in [5, 5.41) is 27.1. The van der Waals surface area contributed by atoms with Gasteiger partial charge in [-0.05, 0) is 0 Å². The average Bonchev–Trinajstić information content (AvgIpc) is 2.08. The first kappa shape index (κ1) is 12.2. The number of ether oxygens (including phenoxy) is 1. The highest BCUT2D eigenvalue weighted by molar-refractivity contribution is 7.81. The number of aliphatic hydroxyl groups is 3. The molecule has 9 heteroatoms. The summed E-state index contributed by atoms with van der Waals surface area (Å²) < 4.78 is 37.4. The van der Waals surface area contributed by atoms with E-state index in [4.69, 9.17) is 9.66 Å². The highest BCUT2D eigenvalue weighted by atomic mass is 32.3. The Bertz CT molecular complexity index is 346. The fourth-order valence-electron chi connectivity index (χ4n) is 1.01. The SMILES string of the molecule is O=S(=O)(O)OC1=C[C@@H](O)[C@H](O)[C@@H](CO)O1. The topological polar surface area (TPSA) is 134 Å². The molecule has 1 heterocycles. The summed E-state index contributed by atoms with van der Waals surface area (Å²) in [6.07, 6.45) is -3.32. The van der Waals surface area contributed by atoms with Crippen molar-refractivity contribution >= 4 is 10.4 Å². The molecule has 0 spiro atoms. The van der Waals surface area contributed by atoms with Crippen LogP contribution in [0.2, 0.25) is 0 Å². The molecule has 0 saturated carbocycles. The van der Waals surface area contributed by atoms with Crippen molar-refractivity contribution in [3.63, 3.8) is 0 Å². The summed E-state index contributed by atoms with van der Waals surface area (Å²) in [7, 11) is -4.76. The van der Waals surface area contributed by atoms with Gasteiger partial charge in [0.1, 0.15) is 12.2 Å². The van der Waals surface area contributed by atoms with Gasteiger partial charge >= 0.3 is 10.4 Å². The first-order valence-corrected chi connectivity index (χ1v) is 5.22. The van der Waals surface area contributed by atoms with Crippen molar-refractivity contribution in [2.24, 2.45) is 0 Å². The van der Waals surface area contributed by atoms with Crippen LogP contribution < -0.4 is 0 Å². The predicted molar refractivity (Wildman–Crippen MR) is 44.7 cm³/mol. The lowest BCUT2D eigenvalue weighted by Crippen LogP contribution is -2.44. The third-order valence-corrected chi connectivity index (χ3v) is 2.05. The molecule has 0 fully saturated rings. The maximum atomic E-state index is 10.3. The van der Waals surface area contributed by atoms with Crippen molar-refractivity contribution in [2.75, 3.05) is 6.61 Å². The van der Waals surface area contributed by atoms with E-state index < -0.39 is 41.3 Å². The van der Waals surface area contributed by atoms with Crippen LogP contribution in [-0.4, -0.2) is 53.2 Å². The largest absolute Gasteiger partial charge is 0.456 e. The van der Waals surface area contributed by atoms with E-state index in [9.17, 15) is 18.6 Å². The van der Waals surface area contributed by atoms with Crippen LogP contribution in [-0.2, 0) is 19.3 Å². The lowest BCUT2D eigenvalue weighted by Gasteiger charge is -2.29. The molecule has 15 heavy (non-hydrogen) atoms. The number of hydrogen-bond acceptors (Lipinski definition) is 7. The van der Waals surface area contributed by atoms with Crippen molar-refractivity contribution < 1.29 is 37.2 Å². The van der Waals surface area contributed by atoms with Crippen molar-refractivity contribution in [1.29, 1.82) is 0 Å². The Balaban J connectivity index is 2.80. The maximum absolute atomic E-state index is 10.3. The van der Waals surface area contributed by atoms with Crippen LogP contribution in [0.5, 0.6) is 0 Å². The second-order valence-electron chi connectivity index (χ2n) is 2.82. The van der Waals surface area contributed by atoms with Gasteiger partial charge in [0.15, 0.2) is 6.10 Å². The summed E-state index contributed by atoms with van der Waals surface area (Å²) in [5.74, 6) is -0.700. The zero-order chi connectivity index (χ0) is 11.6. The predicted octanol–water partition coefficient (Wildman–Crippen LogP) is -2.24. The standard InChI is InChI=1S/C6H10O8S/c7-2-4-6(9)3(8)1-5(13-4)14-15(10,11)12/h1,3-4,6-9H,2H2,(H,10,11,12)/t3-,4-,6+/m1/s1. The first-order chi connectivity index (χ1) is 6.83. The molecule has 3 atom stereocenters. The molecule has 0 bridgehead atoms. The quantitative estimate of drug-likeness (QED) is 0.408. The van der Waals surface area contributed by atoms with Gasteiger partial charge in [-0.15, -0.1) is 0 Å². The molecule has 0 saturated heterocycles. The summed E-state index contributed by atoms with van der Waals surface area (Å²) in [6.45, 7) is -0.648. The van der Waals surface area contributed by atoms with Gasteiger partial charge in [0.2, 0.25) is 0 Å². The molecule has 0 aromatic rings. The molecule has 88 valence electrons. The van der Waals surface area contributed by atoms with Crippen LogP contribution in [0.1, 0.15) is 0 Å². The Morgan fingerprint density at radius 2 is 2.07 bits per heavy atom. The van der Waals surface area contributed by atoms with E-state index in [2.05, 4.69) is 8.92 Å². The fraction of sp³-hybridized carbons (Fsp3) is 0.667. The Labute approximate surface area is 85.3 Å². The van der Waals surface area contributed by atoms with Gasteiger partial charge in [-0.2, -0.15) is 8.42 Å². The maximum Gasteiger partial charge on any atom is 0.449 e. The highest BCUT2D eigenvalue weighted by Gasteiger charge is 2.34. The van der Waals surface area contributed by atoms with Gasteiger partial charge in [0.05, 0.1) is 6.61 Å². The zero-order valence-corrected chi connectivity index (χ0v) is 8.16.